The number of hydrogen-bond acceptors (Lipinski definition) is 5. The average Bonchev–Trinajstić information content (AvgIpc) is 3.00. The Kier molecular flexibility index (Phi) is 4.04. The molecule has 2 heterocycles. The molecule has 0 saturated carbocycles. The molecule has 7 heteroatoms. The van der Waals surface area contributed by atoms with E-state index in [-0.39, 0.29) is 17.3 Å². The molecule has 0 radical (unpaired) electrons. The summed E-state index contributed by atoms with van der Waals surface area (Å²) < 4.78 is 33.4. The van der Waals surface area contributed by atoms with Crippen LogP contribution < -0.4 is 15.0 Å². The molecule has 1 fully saturated rings. The zero-order valence-corrected chi connectivity index (χ0v) is 12.1. The minimum absolute atomic E-state index is 0.0367. The minimum atomic E-state index is -0.590. The first-order valence-corrected chi connectivity index (χ1v) is 7.05. The van der Waals surface area contributed by atoms with Crippen LogP contribution in [-0.2, 0) is 0 Å². The van der Waals surface area contributed by atoms with Crippen LogP contribution in [0.25, 0.3) is 0 Å². The van der Waals surface area contributed by atoms with Crippen molar-refractivity contribution in [2.24, 2.45) is 0 Å². The molecular weight excluding hydrogens is 290 g/mol. The molecule has 1 N–H and O–H groups in total. The lowest BCUT2D eigenvalue weighted by Gasteiger charge is -2.19. The molecule has 3 rings (SSSR count). The van der Waals surface area contributed by atoms with Gasteiger partial charge in [-0.25, -0.2) is 13.8 Å². The fourth-order valence-electron chi connectivity index (χ4n) is 2.53. The van der Waals surface area contributed by atoms with Crippen LogP contribution in [0.1, 0.15) is 12.8 Å². The van der Waals surface area contributed by atoms with Gasteiger partial charge in [-0.15, -0.1) is 0 Å². The van der Waals surface area contributed by atoms with E-state index in [1.165, 1.54) is 25.4 Å². The summed E-state index contributed by atoms with van der Waals surface area (Å²) in [4.78, 5) is 9.76. The highest BCUT2D eigenvalue weighted by Crippen LogP contribution is 2.30. The highest BCUT2D eigenvalue weighted by Gasteiger charge is 2.21. The number of nitrogens with zero attached hydrogens (tertiary/aromatic N) is 3. The quantitative estimate of drug-likeness (QED) is 0.940. The van der Waals surface area contributed by atoms with Crippen molar-refractivity contribution in [1.82, 2.24) is 9.97 Å². The van der Waals surface area contributed by atoms with Gasteiger partial charge in [-0.3, -0.25) is 0 Å². The normalized spacial score (nSPS) is 14.2. The van der Waals surface area contributed by atoms with Crippen LogP contribution in [0, 0.1) is 11.6 Å². The number of rotatable bonds is 4. The molecule has 0 aliphatic carbocycles. The summed E-state index contributed by atoms with van der Waals surface area (Å²) >= 11 is 0. The van der Waals surface area contributed by atoms with E-state index in [1.54, 1.807) is 11.0 Å². The van der Waals surface area contributed by atoms with Crippen LogP contribution in [0.4, 0.5) is 26.1 Å². The zero-order chi connectivity index (χ0) is 15.5. The SMILES string of the molecule is COc1ccnc(Nc2cc(F)c(N3CCCC3)c(F)c2)n1. The lowest BCUT2D eigenvalue weighted by atomic mass is 10.2. The Morgan fingerprint density at radius 2 is 1.86 bits per heavy atom. The second-order valence-corrected chi connectivity index (χ2v) is 5.03. The third-order valence-corrected chi connectivity index (χ3v) is 3.53. The van der Waals surface area contributed by atoms with Crippen LogP contribution in [0.15, 0.2) is 24.4 Å². The van der Waals surface area contributed by atoms with Crippen LogP contribution in [0.2, 0.25) is 0 Å². The summed E-state index contributed by atoms with van der Waals surface area (Å²) in [5.74, 6) is -0.598. The molecule has 0 amide bonds. The number of nitrogens with one attached hydrogen (secondary N) is 1. The lowest BCUT2D eigenvalue weighted by Crippen LogP contribution is -2.20. The van der Waals surface area contributed by atoms with E-state index >= 15 is 0 Å². The molecule has 2 aromatic rings. The largest absolute Gasteiger partial charge is 0.481 e. The van der Waals surface area contributed by atoms with E-state index in [9.17, 15) is 8.78 Å². The van der Waals surface area contributed by atoms with E-state index in [4.69, 9.17) is 4.74 Å². The van der Waals surface area contributed by atoms with Crippen molar-refractivity contribution in [3.05, 3.63) is 36.0 Å². The Hall–Kier alpha value is -2.44. The van der Waals surface area contributed by atoms with Crippen molar-refractivity contribution in [3.8, 4) is 5.88 Å². The fourth-order valence-corrected chi connectivity index (χ4v) is 2.53. The van der Waals surface area contributed by atoms with Crippen LogP contribution in [0.3, 0.4) is 0 Å². The number of anilines is 3. The van der Waals surface area contributed by atoms with Gasteiger partial charge in [0.05, 0.1) is 7.11 Å². The number of benzene rings is 1. The van der Waals surface area contributed by atoms with Gasteiger partial charge in [-0.05, 0) is 25.0 Å². The summed E-state index contributed by atoms with van der Waals surface area (Å²) in [7, 11) is 1.48. The molecular formula is C15H16F2N4O. The summed E-state index contributed by atoms with van der Waals surface area (Å²) in [6, 6.07) is 4.09. The van der Waals surface area contributed by atoms with Crippen molar-refractivity contribution in [1.29, 1.82) is 0 Å². The van der Waals surface area contributed by atoms with Gasteiger partial charge in [0.15, 0.2) is 11.6 Å². The molecule has 0 spiro atoms. The van der Waals surface area contributed by atoms with Gasteiger partial charge in [0.1, 0.15) is 5.69 Å². The van der Waals surface area contributed by atoms with Crippen molar-refractivity contribution in [3.63, 3.8) is 0 Å². The number of ether oxygens (including phenoxy) is 1. The molecule has 1 saturated heterocycles. The summed E-state index contributed by atoms with van der Waals surface area (Å²) in [6.07, 6.45) is 3.41. The summed E-state index contributed by atoms with van der Waals surface area (Å²) in [6.45, 7) is 1.36. The second kappa shape index (κ2) is 6.13. The molecule has 5 nitrogen and oxygen atoms in total. The maximum Gasteiger partial charge on any atom is 0.230 e. The van der Waals surface area contributed by atoms with E-state index in [0.717, 1.165) is 12.8 Å². The van der Waals surface area contributed by atoms with E-state index < -0.39 is 11.6 Å². The van der Waals surface area contributed by atoms with Crippen molar-refractivity contribution < 1.29 is 13.5 Å². The number of hydrogen-bond donors (Lipinski definition) is 1. The summed E-state index contributed by atoms with van der Waals surface area (Å²) in [5, 5.41) is 2.78. The van der Waals surface area contributed by atoms with Gasteiger partial charge in [-0.1, -0.05) is 0 Å². The number of halogens is 2. The van der Waals surface area contributed by atoms with E-state index in [0.29, 0.717) is 19.0 Å². The van der Waals surface area contributed by atoms with E-state index in [1.807, 2.05) is 0 Å². The monoisotopic (exact) mass is 306 g/mol. The first-order chi connectivity index (χ1) is 10.7. The van der Waals surface area contributed by atoms with Crippen molar-refractivity contribution >= 4 is 17.3 Å². The van der Waals surface area contributed by atoms with E-state index in [2.05, 4.69) is 15.3 Å². The Labute approximate surface area is 127 Å². The molecule has 1 aliphatic rings. The molecule has 22 heavy (non-hydrogen) atoms. The number of methoxy groups -OCH3 is 1. The Morgan fingerprint density at radius 1 is 1.18 bits per heavy atom. The smallest absolute Gasteiger partial charge is 0.230 e. The highest BCUT2D eigenvalue weighted by atomic mass is 19.1. The maximum absolute atomic E-state index is 14.2. The Bertz CT molecular complexity index is 651. The van der Waals surface area contributed by atoms with Crippen LogP contribution in [-0.4, -0.2) is 30.2 Å². The zero-order valence-electron chi connectivity index (χ0n) is 12.1. The van der Waals surface area contributed by atoms with Gasteiger partial charge in [0.25, 0.3) is 0 Å². The fraction of sp³-hybridized carbons (Fsp3) is 0.333. The molecule has 0 atom stereocenters. The Balaban J connectivity index is 1.85. The third-order valence-electron chi connectivity index (χ3n) is 3.53. The Morgan fingerprint density at radius 3 is 2.50 bits per heavy atom. The van der Waals surface area contributed by atoms with Gasteiger partial charge < -0.3 is 15.0 Å². The standard InChI is InChI=1S/C15H16F2N4O/c1-22-13-4-5-18-15(20-13)19-10-8-11(16)14(12(17)9-10)21-6-2-3-7-21/h4-5,8-9H,2-3,6-7H2,1H3,(H,18,19,20). The predicted molar refractivity (Wildman–Crippen MR) is 79.7 cm³/mol. The van der Waals surface area contributed by atoms with Gasteiger partial charge in [-0.2, -0.15) is 4.98 Å². The second-order valence-electron chi connectivity index (χ2n) is 5.03. The third kappa shape index (κ3) is 2.93. The molecule has 1 aliphatic heterocycles. The molecule has 116 valence electrons. The van der Waals surface area contributed by atoms with Crippen LogP contribution in [0.5, 0.6) is 5.88 Å². The first-order valence-electron chi connectivity index (χ1n) is 7.05. The highest BCUT2D eigenvalue weighted by molar-refractivity contribution is 5.61. The molecule has 1 aromatic heterocycles. The number of aromatic nitrogens is 2. The first kappa shape index (κ1) is 14.5. The lowest BCUT2D eigenvalue weighted by molar-refractivity contribution is 0.397. The van der Waals surface area contributed by atoms with Crippen molar-refractivity contribution in [2.75, 3.05) is 30.4 Å². The molecule has 0 bridgehead atoms. The van der Waals surface area contributed by atoms with Gasteiger partial charge >= 0.3 is 0 Å². The minimum Gasteiger partial charge on any atom is -0.481 e. The summed E-state index contributed by atoms with van der Waals surface area (Å²) in [5.41, 5.74) is 0.292. The molecule has 1 aromatic carbocycles. The van der Waals surface area contributed by atoms with Gasteiger partial charge in [0, 0.05) is 31.0 Å². The molecule has 0 unspecified atom stereocenters. The van der Waals surface area contributed by atoms with Gasteiger partial charge in [0.2, 0.25) is 11.8 Å². The maximum atomic E-state index is 14.2. The topological polar surface area (TPSA) is 50.3 Å². The predicted octanol–water partition coefficient (Wildman–Crippen LogP) is 3.11. The van der Waals surface area contributed by atoms with Crippen LogP contribution >= 0.6 is 0 Å². The average molecular weight is 306 g/mol. The van der Waals surface area contributed by atoms with Crippen molar-refractivity contribution in [2.45, 2.75) is 12.8 Å².